The average Bonchev–Trinajstić information content (AvgIpc) is 3.43. The third kappa shape index (κ3) is 3.73. The van der Waals surface area contributed by atoms with Crippen LogP contribution in [-0.4, -0.2) is 22.2 Å². The highest BCUT2D eigenvalue weighted by Crippen LogP contribution is 2.45. The molecular weight excluding hydrogens is 426 g/mol. The van der Waals surface area contributed by atoms with Crippen molar-refractivity contribution in [2.75, 3.05) is 11.1 Å². The second-order valence-electron chi connectivity index (χ2n) is 7.08. The SMILES string of the molecule is Nc1nc(Cl)cc(Cc2cc3c(cc2F)[C@@](C#CC2CC2)(C(F)(F)F)NC(=O)N3)n1. The predicted octanol–water partition coefficient (Wildman–Crippen LogP) is 3.75. The summed E-state index contributed by atoms with van der Waals surface area (Å²) in [6, 6.07) is 2.14. The summed E-state index contributed by atoms with van der Waals surface area (Å²) in [7, 11) is 0. The number of nitrogens with one attached hydrogen (secondary N) is 2. The number of carbonyl (C=O) groups is 1. The zero-order chi connectivity index (χ0) is 21.7. The van der Waals surface area contributed by atoms with Crippen molar-refractivity contribution in [3.05, 3.63) is 46.0 Å². The zero-order valence-electron chi connectivity index (χ0n) is 15.2. The Balaban J connectivity index is 1.81. The van der Waals surface area contributed by atoms with Crippen LogP contribution in [0.5, 0.6) is 0 Å². The number of hydrogen-bond donors (Lipinski definition) is 3. The number of nitrogens with two attached hydrogens (primary N) is 1. The lowest BCUT2D eigenvalue weighted by Gasteiger charge is -2.37. The highest BCUT2D eigenvalue weighted by atomic mass is 35.5. The lowest BCUT2D eigenvalue weighted by Crippen LogP contribution is -2.59. The number of rotatable bonds is 2. The fourth-order valence-electron chi connectivity index (χ4n) is 3.16. The van der Waals surface area contributed by atoms with Gasteiger partial charge < -0.3 is 16.4 Å². The van der Waals surface area contributed by atoms with Crippen LogP contribution >= 0.6 is 11.6 Å². The molecule has 2 aromatic rings. The standard InChI is InChI=1S/C19H14ClF4N5O/c20-15-7-11(26-16(25)28-15)5-10-6-14-12(8-13(10)21)18(19(22,23)24,29-17(30)27-14)4-3-9-1-2-9/h6-9H,1-2,5H2,(H2,25,26,28)(H2,27,29,30)/t18-/m0/s1. The van der Waals surface area contributed by atoms with E-state index < -0.39 is 29.1 Å². The van der Waals surface area contributed by atoms with Crippen molar-refractivity contribution in [3.8, 4) is 11.8 Å². The number of halogens is 5. The van der Waals surface area contributed by atoms with E-state index in [0.717, 1.165) is 12.1 Å². The quantitative estimate of drug-likeness (QED) is 0.377. The Morgan fingerprint density at radius 3 is 2.63 bits per heavy atom. The normalized spacial score (nSPS) is 20.5. The molecule has 0 radical (unpaired) electrons. The molecule has 1 aromatic carbocycles. The molecule has 2 heterocycles. The first kappa shape index (κ1) is 20.2. The molecule has 4 N–H and O–H groups in total. The van der Waals surface area contributed by atoms with Crippen LogP contribution in [0.4, 0.5) is 34.0 Å². The average molecular weight is 440 g/mol. The minimum Gasteiger partial charge on any atom is -0.368 e. The Kier molecular flexibility index (Phi) is 4.73. The van der Waals surface area contributed by atoms with Gasteiger partial charge in [-0.05, 0) is 36.6 Å². The second kappa shape index (κ2) is 7.02. The van der Waals surface area contributed by atoms with Gasteiger partial charge in [0.2, 0.25) is 11.5 Å². The number of hydrogen-bond acceptors (Lipinski definition) is 4. The number of nitrogen functional groups attached to an aromatic ring is 1. The third-order valence-corrected chi connectivity index (χ3v) is 4.94. The van der Waals surface area contributed by atoms with E-state index >= 15 is 0 Å². The maximum atomic E-state index is 14.8. The molecule has 1 atom stereocenters. The van der Waals surface area contributed by atoms with E-state index in [-0.39, 0.29) is 40.4 Å². The molecule has 4 rings (SSSR count). The number of anilines is 2. The highest BCUT2D eigenvalue weighted by molar-refractivity contribution is 6.29. The number of aromatic nitrogens is 2. The first-order valence-electron chi connectivity index (χ1n) is 8.88. The first-order chi connectivity index (χ1) is 14.1. The third-order valence-electron chi connectivity index (χ3n) is 4.74. The van der Waals surface area contributed by atoms with Crippen LogP contribution in [-0.2, 0) is 12.0 Å². The van der Waals surface area contributed by atoms with Crippen LogP contribution < -0.4 is 16.4 Å². The van der Waals surface area contributed by atoms with Gasteiger partial charge in [0.1, 0.15) is 11.0 Å². The van der Waals surface area contributed by atoms with Gasteiger partial charge in [-0.15, -0.1) is 0 Å². The summed E-state index contributed by atoms with van der Waals surface area (Å²) >= 11 is 5.81. The molecule has 11 heteroatoms. The van der Waals surface area contributed by atoms with Gasteiger partial charge in [0, 0.05) is 23.6 Å². The predicted molar refractivity (Wildman–Crippen MR) is 101 cm³/mol. The molecule has 0 spiro atoms. The Morgan fingerprint density at radius 1 is 1.27 bits per heavy atom. The Bertz CT molecular complexity index is 1090. The zero-order valence-corrected chi connectivity index (χ0v) is 16.0. The van der Waals surface area contributed by atoms with Crippen LogP contribution in [0.25, 0.3) is 0 Å². The van der Waals surface area contributed by atoms with Gasteiger partial charge in [-0.3, -0.25) is 0 Å². The molecule has 1 saturated carbocycles. The molecule has 2 amide bonds. The molecule has 6 nitrogen and oxygen atoms in total. The van der Waals surface area contributed by atoms with Gasteiger partial charge in [0.05, 0.1) is 5.69 Å². The number of alkyl halides is 3. The van der Waals surface area contributed by atoms with Gasteiger partial charge in [-0.25, -0.2) is 19.2 Å². The molecule has 2 aliphatic rings. The van der Waals surface area contributed by atoms with Crippen molar-refractivity contribution in [1.29, 1.82) is 0 Å². The van der Waals surface area contributed by atoms with Crippen molar-refractivity contribution < 1.29 is 22.4 Å². The van der Waals surface area contributed by atoms with Crippen LogP contribution in [0.1, 0.15) is 29.7 Å². The molecule has 30 heavy (non-hydrogen) atoms. The topological polar surface area (TPSA) is 92.9 Å². The van der Waals surface area contributed by atoms with Gasteiger partial charge in [-0.1, -0.05) is 23.4 Å². The summed E-state index contributed by atoms with van der Waals surface area (Å²) in [5.74, 6) is 3.51. The van der Waals surface area contributed by atoms with Crippen molar-refractivity contribution in [2.45, 2.75) is 31.0 Å². The van der Waals surface area contributed by atoms with Crippen molar-refractivity contribution in [1.82, 2.24) is 15.3 Å². The Morgan fingerprint density at radius 2 is 2.00 bits per heavy atom. The molecule has 0 saturated heterocycles. The molecule has 0 unspecified atom stereocenters. The van der Waals surface area contributed by atoms with Crippen molar-refractivity contribution in [2.24, 2.45) is 5.92 Å². The Labute approximate surface area is 173 Å². The Hall–Kier alpha value is -3.06. The van der Waals surface area contributed by atoms with E-state index in [9.17, 15) is 22.4 Å². The largest absolute Gasteiger partial charge is 0.427 e. The highest BCUT2D eigenvalue weighted by Gasteiger charge is 2.59. The monoisotopic (exact) mass is 439 g/mol. The van der Waals surface area contributed by atoms with Gasteiger partial charge in [0.25, 0.3) is 0 Å². The molecular formula is C19H14ClF4N5O. The molecule has 1 aromatic heterocycles. The summed E-state index contributed by atoms with van der Waals surface area (Å²) in [6.45, 7) is 0. The number of nitrogens with zero attached hydrogens (tertiary/aromatic N) is 2. The summed E-state index contributed by atoms with van der Waals surface area (Å²) in [5.41, 5.74) is 2.08. The van der Waals surface area contributed by atoms with E-state index in [1.54, 1.807) is 0 Å². The minimum absolute atomic E-state index is 0.00339. The van der Waals surface area contributed by atoms with E-state index in [1.807, 2.05) is 5.32 Å². The molecule has 1 aliphatic carbocycles. The summed E-state index contributed by atoms with van der Waals surface area (Å²) in [6.07, 6.45) is -3.71. The van der Waals surface area contributed by atoms with E-state index in [2.05, 4.69) is 27.1 Å². The van der Waals surface area contributed by atoms with Crippen LogP contribution in [0, 0.1) is 23.6 Å². The molecule has 156 valence electrons. The fraction of sp³-hybridized carbons (Fsp3) is 0.316. The minimum atomic E-state index is -4.97. The maximum absolute atomic E-state index is 14.8. The second-order valence-corrected chi connectivity index (χ2v) is 7.46. The maximum Gasteiger partial charge on any atom is 0.427 e. The lowest BCUT2D eigenvalue weighted by molar-refractivity contribution is -0.178. The van der Waals surface area contributed by atoms with Crippen LogP contribution in [0.2, 0.25) is 5.15 Å². The lowest BCUT2D eigenvalue weighted by atomic mass is 9.85. The van der Waals surface area contributed by atoms with E-state index in [4.69, 9.17) is 17.3 Å². The van der Waals surface area contributed by atoms with Crippen LogP contribution in [0.3, 0.4) is 0 Å². The van der Waals surface area contributed by atoms with Gasteiger partial charge >= 0.3 is 12.2 Å². The van der Waals surface area contributed by atoms with Gasteiger partial charge in [0.15, 0.2) is 0 Å². The van der Waals surface area contributed by atoms with E-state index in [1.165, 1.54) is 6.07 Å². The first-order valence-corrected chi connectivity index (χ1v) is 9.25. The molecule has 1 aliphatic heterocycles. The van der Waals surface area contributed by atoms with Crippen LogP contribution in [0.15, 0.2) is 18.2 Å². The number of benzene rings is 1. The summed E-state index contributed by atoms with van der Waals surface area (Å²) in [5, 5.41) is 4.19. The number of fused-ring (bicyclic) bond motifs is 1. The molecule has 0 bridgehead atoms. The summed E-state index contributed by atoms with van der Waals surface area (Å²) in [4.78, 5) is 19.7. The number of urea groups is 1. The van der Waals surface area contributed by atoms with E-state index in [0.29, 0.717) is 12.8 Å². The smallest absolute Gasteiger partial charge is 0.368 e. The fourth-order valence-corrected chi connectivity index (χ4v) is 3.37. The van der Waals surface area contributed by atoms with Crippen molar-refractivity contribution >= 4 is 29.3 Å². The van der Waals surface area contributed by atoms with Crippen molar-refractivity contribution in [3.63, 3.8) is 0 Å². The summed E-state index contributed by atoms with van der Waals surface area (Å²) < 4.78 is 57.1. The number of amides is 2. The van der Waals surface area contributed by atoms with Gasteiger partial charge in [-0.2, -0.15) is 13.2 Å². The molecule has 1 fully saturated rings. The number of carbonyl (C=O) groups excluding carboxylic acids is 1.